The van der Waals surface area contributed by atoms with Gasteiger partial charge in [0, 0.05) is 6.20 Å². The van der Waals surface area contributed by atoms with E-state index >= 15 is 0 Å². The molecule has 0 amide bonds. The number of hydrogen-bond acceptors (Lipinski definition) is 3. The van der Waals surface area contributed by atoms with E-state index in [1.807, 2.05) is 26.8 Å². The number of nitrogens with zero attached hydrogens (tertiary/aromatic N) is 3. The van der Waals surface area contributed by atoms with Gasteiger partial charge in [0.25, 0.3) is 0 Å². The van der Waals surface area contributed by atoms with E-state index in [1.54, 1.807) is 4.68 Å². The zero-order valence-electron chi connectivity index (χ0n) is 9.40. The summed E-state index contributed by atoms with van der Waals surface area (Å²) in [5.74, 6) is 0. The van der Waals surface area contributed by atoms with Gasteiger partial charge in [-0.1, -0.05) is 0 Å². The lowest BCUT2D eigenvalue weighted by atomic mass is 10.1. The summed E-state index contributed by atoms with van der Waals surface area (Å²) in [4.78, 5) is 14.7. The van der Waals surface area contributed by atoms with Gasteiger partial charge in [-0.2, -0.15) is 10.4 Å². The van der Waals surface area contributed by atoms with Gasteiger partial charge in [-0.3, -0.25) is 4.79 Å². The summed E-state index contributed by atoms with van der Waals surface area (Å²) in [6.07, 6.45) is 2.93. The molecule has 0 radical (unpaired) electrons. The Kier molecular flexibility index (Phi) is 2.09. The van der Waals surface area contributed by atoms with Crippen LogP contribution in [0, 0.1) is 11.3 Å². The molecule has 0 spiro atoms. The van der Waals surface area contributed by atoms with E-state index in [0.29, 0.717) is 11.0 Å². The Morgan fingerprint density at radius 2 is 2.19 bits per heavy atom. The lowest BCUT2D eigenvalue weighted by Gasteiger charge is -2.19. The summed E-state index contributed by atoms with van der Waals surface area (Å²) in [6.45, 7) is 5.99. The molecule has 0 aliphatic heterocycles. The van der Waals surface area contributed by atoms with Gasteiger partial charge in [0.1, 0.15) is 17.3 Å². The molecule has 0 fully saturated rings. The number of fused-ring (bicyclic) bond motifs is 1. The third-order valence-electron chi connectivity index (χ3n) is 2.37. The van der Waals surface area contributed by atoms with Crippen LogP contribution < -0.4 is 5.43 Å². The fourth-order valence-electron chi connectivity index (χ4n) is 1.60. The number of nitriles is 1. The fourth-order valence-corrected chi connectivity index (χ4v) is 1.60. The van der Waals surface area contributed by atoms with E-state index in [-0.39, 0.29) is 16.5 Å². The minimum atomic E-state index is -0.272. The Labute approximate surface area is 92.3 Å². The quantitative estimate of drug-likeness (QED) is 0.722. The van der Waals surface area contributed by atoms with Crippen molar-refractivity contribution in [1.29, 1.82) is 5.26 Å². The number of aromatic amines is 1. The minimum absolute atomic E-state index is 0.112. The number of hydrogen-bond donors (Lipinski definition) is 1. The number of aromatic nitrogens is 3. The van der Waals surface area contributed by atoms with Crippen LogP contribution in [0.25, 0.3) is 11.0 Å². The molecule has 2 aromatic rings. The molecular weight excluding hydrogens is 204 g/mol. The van der Waals surface area contributed by atoms with E-state index in [9.17, 15) is 4.79 Å². The van der Waals surface area contributed by atoms with Gasteiger partial charge < -0.3 is 4.98 Å². The Balaban J connectivity index is 2.84. The van der Waals surface area contributed by atoms with Crippen molar-refractivity contribution in [3.8, 4) is 6.07 Å². The van der Waals surface area contributed by atoms with Crippen molar-refractivity contribution in [2.45, 2.75) is 26.3 Å². The molecule has 0 saturated carbocycles. The first-order valence-corrected chi connectivity index (χ1v) is 4.95. The summed E-state index contributed by atoms with van der Waals surface area (Å²) >= 11 is 0. The SMILES string of the molecule is CC(C)(C)n1ncc2c(=O)c(C#N)c[nH]c21. The van der Waals surface area contributed by atoms with Crippen LogP contribution in [0.15, 0.2) is 17.2 Å². The van der Waals surface area contributed by atoms with Crippen molar-refractivity contribution in [1.82, 2.24) is 14.8 Å². The molecule has 5 heteroatoms. The van der Waals surface area contributed by atoms with E-state index in [2.05, 4.69) is 10.1 Å². The van der Waals surface area contributed by atoms with Gasteiger partial charge in [0.15, 0.2) is 0 Å². The molecule has 0 aromatic carbocycles. The molecule has 2 heterocycles. The van der Waals surface area contributed by atoms with Crippen LogP contribution in [-0.4, -0.2) is 14.8 Å². The first-order valence-electron chi connectivity index (χ1n) is 4.95. The summed E-state index contributed by atoms with van der Waals surface area (Å²) in [5, 5.41) is 13.4. The standard InChI is InChI=1S/C11H12N4O/c1-11(2,3)15-10-8(6-14-15)9(16)7(4-12)5-13-10/h5-6H,1-3H3,(H,13,16). The van der Waals surface area contributed by atoms with Crippen LogP contribution in [0.4, 0.5) is 0 Å². The Bertz CT molecular complexity index is 637. The molecule has 0 atom stereocenters. The van der Waals surface area contributed by atoms with Crippen LogP contribution >= 0.6 is 0 Å². The molecule has 16 heavy (non-hydrogen) atoms. The fraction of sp³-hybridized carbons (Fsp3) is 0.364. The van der Waals surface area contributed by atoms with Gasteiger partial charge in [0.2, 0.25) is 5.43 Å². The first kappa shape index (κ1) is 10.4. The van der Waals surface area contributed by atoms with Crippen molar-refractivity contribution in [3.05, 3.63) is 28.2 Å². The van der Waals surface area contributed by atoms with Crippen molar-refractivity contribution in [2.75, 3.05) is 0 Å². The predicted octanol–water partition coefficient (Wildman–Crippen LogP) is 1.35. The largest absolute Gasteiger partial charge is 0.345 e. The number of pyridine rings is 1. The van der Waals surface area contributed by atoms with Gasteiger partial charge in [-0.05, 0) is 20.8 Å². The molecule has 82 valence electrons. The van der Waals surface area contributed by atoms with E-state index in [1.165, 1.54) is 12.4 Å². The van der Waals surface area contributed by atoms with E-state index in [4.69, 9.17) is 5.26 Å². The van der Waals surface area contributed by atoms with Crippen molar-refractivity contribution < 1.29 is 0 Å². The van der Waals surface area contributed by atoms with Crippen molar-refractivity contribution in [2.24, 2.45) is 0 Å². The lowest BCUT2D eigenvalue weighted by molar-refractivity contribution is 0.366. The van der Waals surface area contributed by atoms with Crippen molar-refractivity contribution >= 4 is 11.0 Å². The Morgan fingerprint density at radius 1 is 1.50 bits per heavy atom. The average molecular weight is 216 g/mol. The second-order valence-electron chi connectivity index (χ2n) is 4.63. The predicted molar refractivity (Wildman–Crippen MR) is 60.1 cm³/mol. The van der Waals surface area contributed by atoms with Crippen LogP contribution in [0.2, 0.25) is 0 Å². The molecule has 0 aliphatic carbocycles. The third-order valence-corrected chi connectivity index (χ3v) is 2.37. The lowest BCUT2D eigenvalue weighted by Crippen LogP contribution is -2.23. The van der Waals surface area contributed by atoms with Crippen LogP contribution in [-0.2, 0) is 5.54 Å². The minimum Gasteiger partial charge on any atom is -0.345 e. The Morgan fingerprint density at radius 3 is 2.75 bits per heavy atom. The van der Waals surface area contributed by atoms with Gasteiger partial charge in [-0.25, -0.2) is 4.68 Å². The molecule has 0 bridgehead atoms. The molecule has 2 rings (SSSR count). The summed E-state index contributed by atoms with van der Waals surface area (Å²) in [7, 11) is 0. The molecular formula is C11H12N4O. The van der Waals surface area contributed by atoms with Crippen LogP contribution in [0.1, 0.15) is 26.3 Å². The third kappa shape index (κ3) is 1.39. The van der Waals surface area contributed by atoms with Gasteiger partial charge in [-0.15, -0.1) is 0 Å². The maximum Gasteiger partial charge on any atom is 0.210 e. The van der Waals surface area contributed by atoms with E-state index in [0.717, 1.165) is 0 Å². The highest BCUT2D eigenvalue weighted by atomic mass is 16.1. The molecule has 5 nitrogen and oxygen atoms in total. The second-order valence-corrected chi connectivity index (χ2v) is 4.63. The Hall–Kier alpha value is -2.09. The number of H-pyrrole nitrogens is 1. The molecule has 0 unspecified atom stereocenters. The van der Waals surface area contributed by atoms with Crippen LogP contribution in [0.5, 0.6) is 0 Å². The van der Waals surface area contributed by atoms with Crippen molar-refractivity contribution in [3.63, 3.8) is 0 Å². The number of nitrogens with one attached hydrogen (secondary N) is 1. The van der Waals surface area contributed by atoms with Crippen LogP contribution in [0.3, 0.4) is 0 Å². The molecule has 0 saturated heterocycles. The maximum atomic E-state index is 11.8. The highest BCUT2D eigenvalue weighted by Crippen LogP contribution is 2.17. The van der Waals surface area contributed by atoms with Gasteiger partial charge >= 0.3 is 0 Å². The number of rotatable bonds is 0. The summed E-state index contributed by atoms with van der Waals surface area (Å²) in [5.41, 5.74) is 0.281. The van der Waals surface area contributed by atoms with E-state index < -0.39 is 0 Å². The maximum absolute atomic E-state index is 11.8. The summed E-state index contributed by atoms with van der Waals surface area (Å²) < 4.78 is 1.74. The summed E-state index contributed by atoms with van der Waals surface area (Å²) in [6, 6.07) is 1.85. The first-order chi connectivity index (χ1) is 7.45. The monoisotopic (exact) mass is 216 g/mol. The zero-order valence-corrected chi connectivity index (χ0v) is 9.40. The van der Waals surface area contributed by atoms with Gasteiger partial charge in [0.05, 0.1) is 17.1 Å². The zero-order chi connectivity index (χ0) is 11.9. The highest BCUT2D eigenvalue weighted by molar-refractivity contribution is 5.75. The second kappa shape index (κ2) is 3.20. The molecule has 2 aromatic heterocycles. The molecule has 0 aliphatic rings. The normalized spacial score (nSPS) is 11.6. The highest BCUT2D eigenvalue weighted by Gasteiger charge is 2.18. The topological polar surface area (TPSA) is 74.5 Å². The average Bonchev–Trinajstić information content (AvgIpc) is 2.62. The molecule has 1 N–H and O–H groups in total. The smallest absolute Gasteiger partial charge is 0.210 e.